The quantitative estimate of drug-likeness (QED) is 0.829. The summed E-state index contributed by atoms with van der Waals surface area (Å²) in [5, 5.41) is 7.93. The van der Waals surface area contributed by atoms with Gasteiger partial charge in [-0.3, -0.25) is 0 Å². The van der Waals surface area contributed by atoms with E-state index in [0.29, 0.717) is 12.5 Å². The third-order valence-electron chi connectivity index (χ3n) is 2.68. The van der Waals surface area contributed by atoms with Crippen LogP contribution in [0.2, 0.25) is 0 Å². The van der Waals surface area contributed by atoms with Gasteiger partial charge in [-0.1, -0.05) is 18.2 Å². The monoisotopic (exact) mass is 244 g/mol. The Bertz CT molecular complexity index is 504. The van der Waals surface area contributed by atoms with E-state index in [0.717, 1.165) is 22.6 Å². The van der Waals surface area contributed by atoms with Crippen LogP contribution >= 0.6 is 0 Å². The van der Waals surface area contributed by atoms with Crippen LogP contribution in [0.15, 0.2) is 30.3 Å². The first-order valence-electron chi connectivity index (χ1n) is 5.76. The Balaban J connectivity index is 2.06. The number of aromatic nitrogens is 2. The third-order valence-corrected chi connectivity index (χ3v) is 2.68. The summed E-state index contributed by atoms with van der Waals surface area (Å²) in [6.07, 6.45) is 0. The van der Waals surface area contributed by atoms with Crippen LogP contribution in [-0.2, 0) is 6.61 Å². The Morgan fingerprint density at radius 2 is 1.72 bits per heavy atom. The third kappa shape index (κ3) is 2.77. The van der Waals surface area contributed by atoms with E-state index >= 15 is 0 Å². The number of ether oxygens (including phenoxy) is 2. The van der Waals surface area contributed by atoms with Gasteiger partial charge in [0.1, 0.15) is 18.1 Å². The van der Waals surface area contributed by atoms with Crippen LogP contribution in [0, 0.1) is 13.8 Å². The van der Waals surface area contributed by atoms with Gasteiger partial charge in [-0.2, -0.15) is 0 Å². The summed E-state index contributed by atoms with van der Waals surface area (Å²) < 4.78 is 10.7. The number of hydrogen-bond donors (Lipinski definition) is 0. The van der Waals surface area contributed by atoms with Crippen LogP contribution in [0.1, 0.15) is 16.8 Å². The Morgan fingerprint density at radius 1 is 1.00 bits per heavy atom. The Hall–Kier alpha value is -2.10. The number of para-hydroxylation sites is 1. The van der Waals surface area contributed by atoms with E-state index in [9.17, 15) is 0 Å². The molecule has 0 fully saturated rings. The molecule has 18 heavy (non-hydrogen) atoms. The van der Waals surface area contributed by atoms with Crippen molar-refractivity contribution in [2.45, 2.75) is 20.5 Å². The molecule has 1 aromatic heterocycles. The lowest BCUT2D eigenvalue weighted by atomic mass is 10.1. The van der Waals surface area contributed by atoms with Gasteiger partial charge in [0.25, 0.3) is 0 Å². The zero-order valence-corrected chi connectivity index (χ0v) is 10.8. The molecule has 2 rings (SSSR count). The van der Waals surface area contributed by atoms with E-state index < -0.39 is 0 Å². The zero-order valence-electron chi connectivity index (χ0n) is 10.8. The van der Waals surface area contributed by atoms with Gasteiger partial charge < -0.3 is 9.47 Å². The van der Waals surface area contributed by atoms with Crippen molar-refractivity contribution in [3.05, 3.63) is 47.2 Å². The summed E-state index contributed by atoms with van der Waals surface area (Å²) in [7, 11) is 1.57. The molecule has 0 aliphatic rings. The van der Waals surface area contributed by atoms with Crippen LogP contribution in [0.4, 0.5) is 0 Å². The summed E-state index contributed by atoms with van der Waals surface area (Å²) >= 11 is 0. The van der Waals surface area contributed by atoms with Crippen molar-refractivity contribution >= 4 is 0 Å². The molecule has 0 atom stereocenters. The van der Waals surface area contributed by atoms with Gasteiger partial charge >= 0.3 is 0 Å². The first-order chi connectivity index (χ1) is 8.70. The fraction of sp³-hybridized carbons (Fsp3) is 0.286. The lowest BCUT2D eigenvalue weighted by Gasteiger charge is -2.11. The van der Waals surface area contributed by atoms with E-state index in [1.165, 1.54) is 0 Å². The average Bonchev–Trinajstić information content (AvgIpc) is 2.39. The van der Waals surface area contributed by atoms with Crippen molar-refractivity contribution in [2.75, 3.05) is 7.11 Å². The molecule has 4 nitrogen and oxygen atoms in total. The van der Waals surface area contributed by atoms with Crippen molar-refractivity contribution < 1.29 is 9.47 Å². The van der Waals surface area contributed by atoms with Gasteiger partial charge in [0, 0.05) is 6.07 Å². The minimum atomic E-state index is 0.405. The van der Waals surface area contributed by atoms with Crippen molar-refractivity contribution in [3.63, 3.8) is 0 Å². The van der Waals surface area contributed by atoms with E-state index in [1.807, 2.05) is 38.1 Å². The van der Waals surface area contributed by atoms with E-state index in [-0.39, 0.29) is 0 Å². The van der Waals surface area contributed by atoms with Gasteiger partial charge in [-0.15, -0.1) is 10.2 Å². The second-order valence-corrected chi connectivity index (χ2v) is 4.08. The smallest absolute Gasteiger partial charge is 0.233 e. The number of nitrogens with zero attached hydrogens (tertiary/aromatic N) is 2. The molecule has 1 heterocycles. The standard InChI is InChI=1S/C14H16N2O2/c1-10-5-4-6-11(2)14(10)18-9-12-7-8-13(17-3)16-15-12/h4-8H,9H2,1-3H3. The SMILES string of the molecule is COc1ccc(COc2c(C)cccc2C)nn1. The minimum Gasteiger partial charge on any atom is -0.487 e. The molecule has 0 amide bonds. The lowest BCUT2D eigenvalue weighted by molar-refractivity contribution is 0.294. The molecule has 0 radical (unpaired) electrons. The first-order valence-corrected chi connectivity index (χ1v) is 5.76. The molecule has 0 aliphatic carbocycles. The highest BCUT2D eigenvalue weighted by atomic mass is 16.5. The summed E-state index contributed by atoms with van der Waals surface area (Å²) in [5.74, 6) is 1.42. The van der Waals surface area contributed by atoms with Crippen molar-refractivity contribution in [1.82, 2.24) is 10.2 Å². The van der Waals surface area contributed by atoms with Gasteiger partial charge in [-0.25, -0.2) is 0 Å². The predicted octanol–water partition coefficient (Wildman–Crippen LogP) is 2.68. The van der Waals surface area contributed by atoms with Gasteiger partial charge in [0.05, 0.1) is 7.11 Å². The number of benzene rings is 1. The molecule has 0 spiro atoms. The summed E-state index contributed by atoms with van der Waals surface area (Å²) in [6, 6.07) is 9.70. The predicted molar refractivity (Wildman–Crippen MR) is 68.8 cm³/mol. The lowest BCUT2D eigenvalue weighted by Crippen LogP contribution is -2.02. The van der Waals surface area contributed by atoms with Crippen molar-refractivity contribution in [3.8, 4) is 11.6 Å². The van der Waals surface area contributed by atoms with Crippen LogP contribution in [0.5, 0.6) is 11.6 Å². The van der Waals surface area contributed by atoms with Gasteiger partial charge in [0.15, 0.2) is 0 Å². The van der Waals surface area contributed by atoms with Crippen LogP contribution in [-0.4, -0.2) is 17.3 Å². The van der Waals surface area contributed by atoms with Gasteiger partial charge in [0.2, 0.25) is 5.88 Å². The van der Waals surface area contributed by atoms with Crippen molar-refractivity contribution in [2.24, 2.45) is 0 Å². The van der Waals surface area contributed by atoms with E-state index in [4.69, 9.17) is 9.47 Å². The largest absolute Gasteiger partial charge is 0.487 e. The Morgan fingerprint density at radius 3 is 2.28 bits per heavy atom. The normalized spacial score (nSPS) is 10.2. The summed E-state index contributed by atoms with van der Waals surface area (Å²) in [6.45, 7) is 4.47. The molecule has 4 heteroatoms. The molecule has 0 aliphatic heterocycles. The molecular weight excluding hydrogens is 228 g/mol. The van der Waals surface area contributed by atoms with Crippen LogP contribution < -0.4 is 9.47 Å². The molecule has 0 unspecified atom stereocenters. The number of hydrogen-bond acceptors (Lipinski definition) is 4. The fourth-order valence-corrected chi connectivity index (χ4v) is 1.71. The number of aryl methyl sites for hydroxylation is 2. The van der Waals surface area contributed by atoms with Crippen molar-refractivity contribution in [1.29, 1.82) is 0 Å². The second-order valence-electron chi connectivity index (χ2n) is 4.08. The summed E-state index contributed by atoms with van der Waals surface area (Å²) in [5.41, 5.74) is 3.02. The van der Waals surface area contributed by atoms with Gasteiger partial charge in [-0.05, 0) is 31.0 Å². The maximum Gasteiger partial charge on any atom is 0.233 e. The van der Waals surface area contributed by atoms with E-state index in [1.54, 1.807) is 13.2 Å². The maximum atomic E-state index is 5.78. The molecular formula is C14H16N2O2. The number of methoxy groups -OCH3 is 1. The topological polar surface area (TPSA) is 44.2 Å². The van der Waals surface area contributed by atoms with Crippen LogP contribution in [0.25, 0.3) is 0 Å². The summed E-state index contributed by atoms with van der Waals surface area (Å²) in [4.78, 5) is 0. The molecule has 0 bridgehead atoms. The highest BCUT2D eigenvalue weighted by molar-refractivity contribution is 5.39. The highest BCUT2D eigenvalue weighted by Gasteiger charge is 2.04. The fourth-order valence-electron chi connectivity index (χ4n) is 1.71. The molecule has 1 aromatic carbocycles. The maximum absolute atomic E-state index is 5.78. The zero-order chi connectivity index (χ0) is 13.0. The minimum absolute atomic E-state index is 0.405. The first kappa shape index (κ1) is 12.4. The molecule has 94 valence electrons. The Labute approximate surface area is 107 Å². The molecule has 0 saturated carbocycles. The van der Waals surface area contributed by atoms with E-state index in [2.05, 4.69) is 10.2 Å². The Kier molecular flexibility index (Phi) is 3.77. The number of rotatable bonds is 4. The molecule has 0 N–H and O–H groups in total. The molecule has 2 aromatic rings. The highest BCUT2D eigenvalue weighted by Crippen LogP contribution is 2.23. The second kappa shape index (κ2) is 5.49. The van der Waals surface area contributed by atoms with Crippen LogP contribution in [0.3, 0.4) is 0 Å². The average molecular weight is 244 g/mol. The molecule has 0 saturated heterocycles.